The van der Waals surface area contributed by atoms with Gasteiger partial charge in [-0.2, -0.15) is 5.26 Å². The Bertz CT molecular complexity index is 1510. The quantitative estimate of drug-likeness (QED) is 0.448. The van der Waals surface area contributed by atoms with Crippen LogP contribution in [-0.2, 0) is 16.4 Å². The molecule has 0 aliphatic heterocycles. The molecule has 0 saturated heterocycles. The number of hydrogen-bond acceptors (Lipinski definition) is 5. The van der Waals surface area contributed by atoms with Gasteiger partial charge in [-0.25, -0.2) is 22.5 Å². The summed E-state index contributed by atoms with van der Waals surface area (Å²) in [5.41, 5.74) is 1.50. The third-order valence-corrected chi connectivity index (χ3v) is 6.98. The summed E-state index contributed by atoms with van der Waals surface area (Å²) in [5, 5.41) is 10.5. The summed E-state index contributed by atoms with van der Waals surface area (Å²) >= 11 is 0. The summed E-state index contributed by atoms with van der Waals surface area (Å²) in [5.74, 6) is 0.143. The van der Waals surface area contributed by atoms with Gasteiger partial charge < -0.3 is 0 Å². The molecule has 174 valence electrons. The molecule has 3 heterocycles. The molecule has 0 fully saturated rings. The second kappa shape index (κ2) is 8.63. The van der Waals surface area contributed by atoms with E-state index in [-0.39, 0.29) is 16.3 Å². The Balaban J connectivity index is 1.98. The van der Waals surface area contributed by atoms with Gasteiger partial charge in [0, 0.05) is 23.3 Å². The highest BCUT2D eigenvalue weighted by Crippen LogP contribution is 2.36. The van der Waals surface area contributed by atoms with Crippen LogP contribution in [0.3, 0.4) is 0 Å². The van der Waals surface area contributed by atoms with E-state index < -0.39 is 15.6 Å². The summed E-state index contributed by atoms with van der Waals surface area (Å²) in [6, 6.07) is 13.6. The van der Waals surface area contributed by atoms with Gasteiger partial charge in [-0.3, -0.25) is 9.55 Å². The summed E-state index contributed by atoms with van der Waals surface area (Å²) < 4.78 is 44.4. The maximum Gasteiger partial charge on any atom is 0.242 e. The van der Waals surface area contributed by atoms with Crippen molar-refractivity contribution in [2.45, 2.75) is 44.6 Å². The summed E-state index contributed by atoms with van der Waals surface area (Å²) in [6.07, 6.45) is 3.36. The molecule has 0 unspecified atom stereocenters. The molecule has 1 aromatic carbocycles. The lowest BCUT2D eigenvalue weighted by Crippen LogP contribution is -2.40. The van der Waals surface area contributed by atoms with Crippen LogP contribution in [0.25, 0.3) is 28.1 Å². The van der Waals surface area contributed by atoms with E-state index in [9.17, 15) is 18.1 Å². The minimum Gasteiger partial charge on any atom is -0.291 e. The SMILES string of the molecule is CCc1cc2c(cc1F)c(C#N)c(-c1ccc(S(=O)(=O)NC(C)(C)C)cn1)n2-c1ccccn1. The number of aryl methyl sites for hydroxylation is 1. The molecule has 0 aliphatic carbocycles. The van der Waals surface area contributed by atoms with E-state index in [1.807, 2.05) is 13.0 Å². The lowest BCUT2D eigenvalue weighted by molar-refractivity contribution is 0.491. The minimum atomic E-state index is -3.78. The highest BCUT2D eigenvalue weighted by molar-refractivity contribution is 7.89. The van der Waals surface area contributed by atoms with Crippen LogP contribution in [-0.4, -0.2) is 28.5 Å². The Labute approximate surface area is 198 Å². The molecule has 0 amide bonds. The number of nitriles is 1. The van der Waals surface area contributed by atoms with Crippen molar-refractivity contribution >= 4 is 20.9 Å². The molecule has 34 heavy (non-hydrogen) atoms. The maximum atomic E-state index is 14.7. The first kappa shape index (κ1) is 23.5. The van der Waals surface area contributed by atoms with Crippen LogP contribution in [0.5, 0.6) is 0 Å². The predicted octanol–water partition coefficient (Wildman–Crippen LogP) is 4.74. The Morgan fingerprint density at radius 3 is 2.47 bits per heavy atom. The zero-order valence-corrected chi connectivity index (χ0v) is 20.1. The summed E-state index contributed by atoms with van der Waals surface area (Å²) in [7, 11) is -3.78. The first-order valence-corrected chi connectivity index (χ1v) is 12.2. The number of fused-ring (bicyclic) bond motifs is 1. The zero-order chi connectivity index (χ0) is 24.7. The molecule has 4 rings (SSSR count). The van der Waals surface area contributed by atoms with Crippen molar-refractivity contribution in [2.75, 3.05) is 0 Å². The van der Waals surface area contributed by atoms with Crippen molar-refractivity contribution in [1.29, 1.82) is 5.26 Å². The largest absolute Gasteiger partial charge is 0.291 e. The van der Waals surface area contributed by atoms with Crippen LogP contribution in [0, 0.1) is 17.1 Å². The van der Waals surface area contributed by atoms with Crippen molar-refractivity contribution in [3.63, 3.8) is 0 Å². The second-order valence-corrected chi connectivity index (χ2v) is 10.6. The van der Waals surface area contributed by atoms with Gasteiger partial charge in [-0.05, 0) is 69.2 Å². The Morgan fingerprint density at radius 2 is 1.91 bits per heavy atom. The van der Waals surface area contributed by atoms with Crippen LogP contribution in [0.1, 0.15) is 38.8 Å². The van der Waals surface area contributed by atoms with Crippen LogP contribution in [0.4, 0.5) is 4.39 Å². The molecule has 0 atom stereocenters. The summed E-state index contributed by atoms with van der Waals surface area (Å²) in [4.78, 5) is 8.83. The van der Waals surface area contributed by atoms with E-state index >= 15 is 0 Å². The smallest absolute Gasteiger partial charge is 0.242 e. The van der Waals surface area contributed by atoms with E-state index in [1.54, 1.807) is 55.8 Å². The molecule has 0 aliphatic rings. The van der Waals surface area contributed by atoms with Gasteiger partial charge in [0.25, 0.3) is 0 Å². The van der Waals surface area contributed by atoms with Gasteiger partial charge in [-0.15, -0.1) is 0 Å². The van der Waals surface area contributed by atoms with Gasteiger partial charge in [0.05, 0.1) is 22.5 Å². The lowest BCUT2D eigenvalue weighted by Gasteiger charge is -2.20. The zero-order valence-electron chi connectivity index (χ0n) is 19.3. The molecule has 0 bridgehead atoms. The van der Waals surface area contributed by atoms with Crippen LogP contribution in [0.2, 0.25) is 0 Å². The van der Waals surface area contributed by atoms with Crippen molar-refractivity contribution in [2.24, 2.45) is 0 Å². The van der Waals surface area contributed by atoms with Gasteiger partial charge in [0.15, 0.2) is 0 Å². The number of benzene rings is 1. The van der Waals surface area contributed by atoms with Gasteiger partial charge in [-0.1, -0.05) is 13.0 Å². The highest BCUT2D eigenvalue weighted by atomic mass is 32.2. The van der Waals surface area contributed by atoms with Crippen molar-refractivity contribution < 1.29 is 12.8 Å². The molecule has 7 nitrogen and oxygen atoms in total. The maximum absolute atomic E-state index is 14.7. The van der Waals surface area contributed by atoms with Gasteiger partial charge in [0.2, 0.25) is 10.0 Å². The molecular weight excluding hydrogens is 453 g/mol. The fraction of sp³-hybridized carbons (Fsp3) is 0.240. The Kier molecular flexibility index (Phi) is 5.98. The minimum absolute atomic E-state index is 0.00416. The Hall–Kier alpha value is -3.61. The fourth-order valence-electron chi connectivity index (χ4n) is 3.84. The number of nitrogens with one attached hydrogen (secondary N) is 1. The number of halogens is 1. The van der Waals surface area contributed by atoms with Crippen LogP contribution >= 0.6 is 0 Å². The third-order valence-electron chi connectivity index (χ3n) is 5.24. The number of aromatic nitrogens is 3. The number of sulfonamides is 1. The molecule has 1 N–H and O–H groups in total. The average Bonchev–Trinajstić information content (AvgIpc) is 3.10. The molecule has 4 aromatic rings. The van der Waals surface area contributed by atoms with Gasteiger partial charge >= 0.3 is 0 Å². The fourth-order valence-corrected chi connectivity index (χ4v) is 5.20. The van der Waals surface area contributed by atoms with Crippen LogP contribution in [0.15, 0.2) is 59.8 Å². The molecule has 0 spiro atoms. The second-order valence-electron chi connectivity index (χ2n) is 8.91. The van der Waals surface area contributed by atoms with Crippen LogP contribution < -0.4 is 4.72 Å². The predicted molar refractivity (Wildman–Crippen MR) is 128 cm³/mol. The monoisotopic (exact) mass is 477 g/mol. The van der Waals surface area contributed by atoms with Crippen molar-refractivity contribution in [1.82, 2.24) is 19.3 Å². The van der Waals surface area contributed by atoms with E-state index in [1.165, 1.54) is 18.3 Å². The number of rotatable bonds is 5. The molecular formula is C25H24FN5O2S. The third kappa shape index (κ3) is 4.30. The van der Waals surface area contributed by atoms with E-state index in [0.29, 0.717) is 40.1 Å². The topological polar surface area (TPSA) is 101 Å². The highest BCUT2D eigenvalue weighted by Gasteiger charge is 2.25. The average molecular weight is 478 g/mol. The van der Waals surface area contributed by atoms with Gasteiger partial charge in [0.1, 0.15) is 22.6 Å². The molecule has 9 heteroatoms. The first-order chi connectivity index (χ1) is 16.1. The van der Waals surface area contributed by atoms with E-state index in [2.05, 4.69) is 20.8 Å². The van der Waals surface area contributed by atoms with Crippen molar-refractivity contribution in [3.05, 3.63) is 71.8 Å². The van der Waals surface area contributed by atoms with E-state index in [0.717, 1.165) is 0 Å². The molecule has 0 radical (unpaired) electrons. The summed E-state index contributed by atoms with van der Waals surface area (Å²) in [6.45, 7) is 7.11. The molecule has 3 aromatic heterocycles. The standard InChI is InChI=1S/C25H24FN5O2S/c1-5-16-12-22-18(13-20(16)26)19(14-27)24(31(22)23-8-6-7-11-28-23)21-10-9-17(15-29-21)34(32,33)30-25(2,3)4/h6-13,15,30H,5H2,1-4H3. The normalized spacial score (nSPS) is 12.1. The van der Waals surface area contributed by atoms with Crippen molar-refractivity contribution in [3.8, 4) is 23.3 Å². The lowest BCUT2D eigenvalue weighted by atomic mass is 10.1. The number of hydrogen-bond donors (Lipinski definition) is 1. The molecule has 0 saturated carbocycles. The first-order valence-electron chi connectivity index (χ1n) is 10.7. The number of nitrogens with zero attached hydrogens (tertiary/aromatic N) is 4. The van der Waals surface area contributed by atoms with E-state index in [4.69, 9.17) is 0 Å². The Morgan fingerprint density at radius 1 is 1.15 bits per heavy atom. The number of pyridine rings is 2.